The predicted octanol–water partition coefficient (Wildman–Crippen LogP) is 3.48. The van der Waals surface area contributed by atoms with Crippen molar-refractivity contribution in [3.05, 3.63) is 64.4 Å². The minimum Gasteiger partial charge on any atom is -0.496 e. The van der Waals surface area contributed by atoms with Crippen LogP contribution in [-0.4, -0.2) is 55.5 Å². The number of nitrogens with zero attached hydrogens (tertiary/aromatic N) is 2. The average Bonchev–Trinajstić information content (AvgIpc) is 2.70. The molecule has 0 unspecified atom stereocenters. The van der Waals surface area contributed by atoms with Crippen LogP contribution in [0.25, 0.3) is 0 Å². The molecule has 0 spiro atoms. The summed E-state index contributed by atoms with van der Waals surface area (Å²) in [5.74, 6) is 0.420. The molecule has 1 heterocycles. The standard InChI is InChI=1S/C22H27ClFN3O2/c1-16(19-5-3-4-6-20(19)23)25-22(28)15-27-11-9-26(10-12-27)14-17-13-18(24)7-8-21(17)29-2/h3-8,13,16H,9-12,14-15H2,1-2H3,(H,25,28)/t16-/m1/s1. The van der Waals surface area contributed by atoms with Crippen LogP contribution in [0.3, 0.4) is 0 Å². The van der Waals surface area contributed by atoms with E-state index in [-0.39, 0.29) is 17.8 Å². The summed E-state index contributed by atoms with van der Waals surface area (Å²) in [6, 6.07) is 12.0. The first-order valence-corrected chi connectivity index (χ1v) is 10.1. The summed E-state index contributed by atoms with van der Waals surface area (Å²) in [4.78, 5) is 16.8. The van der Waals surface area contributed by atoms with Gasteiger partial charge in [0, 0.05) is 43.3 Å². The molecule has 1 atom stereocenters. The molecule has 1 N–H and O–H groups in total. The minimum absolute atomic E-state index is 0.0160. The first-order chi connectivity index (χ1) is 14.0. The molecule has 0 bridgehead atoms. The number of piperazine rings is 1. The Bertz CT molecular complexity index is 841. The maximum atomic E-state index is 13.6. The Balaban J connectivity index is 1.47. The molecule has 0 aromatic heterocycles. The number of carbonyl (C=O) groups excluding carboxylic acids is 1. The van der Waals surface area contributed by atoms with Crippen LogP contribution in [0.15, 0.2) is 42.5 Å². The Morgan fingerprint density at radius 3 is 2.55 bits per heavy atom. The van der Waals surface area contributed by atoms with Crippen molar-refractivity contribution in [3.63, 3.8) is 0 Å². The topological polar surface area (TPSA) is 44.8 Å². The number of amides is 1. The van der Waals surface area contributed by atoms with Crippen molar-refractivity contribution < 1.29 is 13.9 Å². The van der Waals surface area contributed by atoms with Crippen molar-refractivity contribution in [3.8, 4) is 5.75 Å². The molecule has 3 rings (SSSR count). The molecule has 0 aliphatic carbocycles. The van der Waals surface area contributed by atoms with E-state index in [2.05, 4.69) is 15.1 Å². The van der Waals surface area contributed by atoms with E-state index in [0.29, 0.717) is 23.9 Å². The number of rotatable bonds is 7. The Morgan fingerprint density at radius 2 is 1.86 bits per heavy atom. The third-order valence-electron chi connectivity index (χ3n) is 5.22. The summed E-state index contributed by atoms with van der Waals surface area (Å²) >= 11 is 6.21. The number of nitrogens with one attached hydrogen (secondary N) is 1. The molecule has 1 amide bonds. The molecule has 1 aliphatic heterocycles. The first kappa shape index (κ1) is 21.6. The SMILES string of the molecule is COc1ccc(F)cc1CN1CCN(CC(=O)N[C@H](C)c2ccccc2Cl)CC1. The smallest absolute Gasteiger partial charge is 0.234 e. The number of hydrogen-bond donors (Lipinski definition) is 1. The predicted molar refractivity (Wildman–Crippen MR) is 113 cm³/mol. The van der Waals surface area contributed by atoms with Crippen molar-refractivity contribution >= 4 is 17.5 Å². The van der Waals surface area contributed by atoms with Crippen LogP contribution in [0.5, 0.6) is 5.75 Å². The van der Waals surface area contributed by atoms with Gasteiger partial charge < -0.3 is 10.1 Å². The Hall–Kier alpha value is -2.15. The molecule has 0 radical (unpaired) electrons. The zero-order valence-electron chi connectivity index (χ0n) is 16.8. The van der Waals surface area contributed by atoms with Gasteiger partial charge in [-0.25, -0.2) is 4.39 Å². The number of hydrogen-bond acceptors (Lipinski definition) is 4. The Kier molecular flexibility index (Phi) is 7.47. The number of ether oxygens (including phenoxy) is 1. The molecule has 5 nitrogen and oxygen atoms in total. The highest BCUT2D eigenvalue weighted by Crippen LogP contribution is 2.23. The summed E-state index contributed by atoms with van der Waals surface area (Å²) in [5, 5.41) is 3.67. The van der Waals surface area contributed by atoms with Gasteiger partial charge >= 0.3 is 0 Å². The molecule has 2 aromatic carbocycles. The summed E-state index contributed by atoms with van der Waals surface area (Å²) in [5.41, 5.74) is 1.75. The van der Waals surface area contributed by atoms with E-state index in [4.69, 9.17) is 16.3 Å². The summed E-state index contributed by atoms with van der Waals surface area (Å²) < 4.78 is 18.9. The quantitative estimate of drug-likeness (QED) is 0.746. The van der Waals surface area contributed by atoms with E-state index in [1.165, 1.54) is 12.1 Å². The first-order valence-electron chi connectivity index (χ1n) is 9.77. The van der Waals surface area contributed by atoms with Gasteiger partial charge in [0.2, 0.25) is 5.91 Å². The van der Waals surface area contributed by atoms with E-state index >= 15 is 0 Å². The second-order valence-corrected chi connectivity index (χ2v) is 7.73. The summed E-state index contributed by atoms with van der Waals surface area (Å²) in [6.07, 6.45) is 0. The highest BCUT2D eigenvalue weighted by atomic mass is 35.5. The minimum atomic E-state index is -0.260. The highest BCUT2D eigenvalue weighted by molar-refractivity contribution is 6.31. The lowest BCUT2D eigenvalue weighted by molar-refractivity contribution is -0.123. The fourth-order valence-corrected chi connectivity index (χ4v) is 3.91. The lowest BCUT2D eigenvalue weighted by Crippen LogP contribution is -2.49. The van der Waals surface area contributed by atoms with Crippen molar-refractivity contribution in [2.45, 2.75) is 19.5 Å². The van der Waals surface area contributed by atoms with E-state index in [9.17, 15) is 9.18 Å². The lowest BCUT2D eigenvalue weighted by Gasteiger charge is -2.34. The number of halogens is 2. The van der Waals surface area contributed by atoms with E-state index in [1.54, 1.807) is 13.2 Å². The van der Waals surface area contributed by atoms with Gasteiger partial charge in [0.25, 0.3) is 0 Å². The van der Waals surface area contributed by atoms with Crippen LogP contribution in [0.4, 0.5) is 4.39 Å². The van der Waals surface area contributed by atoms with Gasteiger partial charge in [-0.3, -0.25) is 14.6 Å². The number of benzene rings is 2. The molecule has 7 heteroatoms. The van der Waals surface area contributed by atoms with E-state index < -0.39 is 0 Å². The van der Waals surface area contributed by atoms with Gasteiger partial charge in [-0.1, -0.05) is 29.8 Å². The van der Waals surface area contributed by atoms with Crippen LogP contribution in [0.1, 0.15) is 24.1 Å². The van der Waals surface area contributed by atoms with Gasteiger partial charge in [0.15, 0.2) is 0 Å². The second-order valence-electron chi connectivity index (χ2n) is 7.32. The monoisotopic (exact) mass is 419 g/mol. The zero-order chi connectivity index (χ0) is 20.8. The molecule has 156 valence electrons. The Labute approximate surface area is 176 Å². The third-order valence-corrected chi connectivity index (χ3v) is 5.56. The van der Waals surface area contributed by atoms with Gasteiger partial charge in [0.05, 0.1) is 19.7 Å². The molecular weight excluding hydrogens is 393 g/mol. The van der Waals surface area contributed by atoms with Crippen LogP contribution in [0, 0.1) is 5.82 Å². The van der Waals surface area contributed by atoms with E-state index in [0.717, 1.165) is 37.3 Å². The van der Waals surface area contributed by atoms with E-state index in [1.807, 2.05) is 31.2 Å². The Morgan fingerprint density at radius 1 is 1.17 bits per heavy atom. The fourth-order valence-electron chi connectivity index (χ4n) is 3.61. The van der Waals surface area contributed by atoms with Crippen molar-refractivity contribution in [2.75, 3.05) is 39.8 Å². The highest BCUT2D eigenvalue weighted by Gasteiger charge is 2.21. The summed E-state index contributed by atoms with van der Waals surface area (Å²) in [6.45, 7) is 6.11. The van der Waals surface area contributed by atoms with Crippen LogP contribution in [0.2, 0.25) is 5.02 Å². The second kappa shape index (κ2) is 10.1. The molecule has 2 aromatic rings. The van der Waals surface area contributed by atoms with Gasteiger partial charge in [0.1, 0.15) is 11.6 Å². The van der Waals surface area contributed by atoms with Crippen LogP contribution < -0.4 is 10.1 Å². The van der Waals surface area contributed by atoms with Gasteiger partial charge in [-0.15, -0.1) is 0 Å². The molecule has 1 fully saturated rings. The normalized spacial score (nSPS) is 16.4. The molecule has 0 saturated carbocycles. The number of methoxy groups -OCH3 is 1. The number of carbonyl (C=O) groups is 1. The van der Waals surface area contributed by atoms with Gasteiger partial charge in [-0.2, -0.15) is 0 Å². The fraction of sp³-hybridized carbons (Fsp3) is 0.409. The molecular formula is C22H27ClFN3O2. The zero-order valence-corrected chi connectivity index (χ0v) is 17.6. The average molecular weight is 420 g/mol. The molecule has 1 aliphatic rings. The van der Waals surface area contributed by atoms with Crippen molar-refractivity contribution in [1.82, 2.24) is 15.1 Å². The van der Waals surface area contributed by atoms with Crippen molar-refractivity contribution in [1.29, 1.82) is 0 Å². The van der Waals surface area contributed by atoms with Crippen LogP contribution >= 0.6 is 11.6 Å². The third kappa shape index (κ3) is 5.92. The summed E-state index contributed by atoms with van der Waals surface area (Å²) in [7, 11) is 1.59. The maximum absolute atomic E-state index is 13.6. The molecule has 29 heavy (non-hydrogen) atoms. The maximum Gasteiger partial charge on any atom is 0.234 e. The van der Waals surface area contributed by atoms with Crippen LogP contribution in [-0.2, 0) is 11.3 Å². The van der Waals surface area contributed by atoms with Gasteiger partial charge in [-0.05, 0) is 36.8 Å². The molecule has 1 saturated heterocycles. The lowest BCUT2D eigenvalue weighted by atomic mass is 10.1. The van der Waals surface area contributed by atoms with Crippen molar-refractivity contribution in [2.24, 2.45) is 0 Å². The largest absolute Gasteiger partial charge is 0.496 e.